The highest BCUT2D eigenvalue weighted by molar-refractivity contribution is 4.74. The van der Waals surface area contributed by atoms with Gasteiger partial charge in [0.1, 0.15) is 0 Å². The molecule has 0 aromatic carbocycles. The second-order valence-electron chi connectivity index (χ2n) is 5.54. The van der Waals surface area contributed by atoms with Gasteiger partial charge in [0.25, 0.3) is 0 Å². The highest BCUT2D eigenvalue weighted by Crippen LogP contribution is 2.23. The molecule has 1 aliphatic carbocycles. The molecule has 0 atom stereocenters. The van der Waals surface area contributed by atoms with Gasteiger partial charge in [0.2, 0.25) is 0 Å². The first-order chi connectivity index (χ1) is 7.68. The minimum atomic E-state index is 0.382. The summed E-state index contributed by atoms with van der Waals surface area (Å²) < 4.78 is 5.52. The Morgan fingerprint density at radius 2 is 1.81 bits per heavy atom. The van der Waals surface area contributed by atoms with Gasteiger partial charge in [-0.3, -0.25) is 0 Å². The summed E-state index contributed by atoms with van der Waals surface area (Å²) in [6.07, 6.45) is 8.40. The Morgan fingerprint density at radius 1 is 1.12 bits per heavy atom. The van der Waals surface area contributed by atoms with E-state index in [2.05, 4.69) is 26.1 Å². The van der Waals surface area contributed by atoms with Gasteiger partial charge in [-0.1, -0.05) is 6.92 Å². The minimum Gasteiger partial charge on any atom is -0.379 e. The molecule has 0 aromatic rings. The van der Waals surface area contributed by atoms with E-state index in [1.165, 1.54) is 45.1 Å². The van der Waals surface area contributed by atoms with Crippen molar-refractivity contribution in [2.45, 2.75) is 71.4 Å². The van der Waals surface area contributed by atoms with Crippen LogP contribution in [0.15, 0.2) is 0 Å². The average molecular weight is 227 g/mol. The van der Waals surface area contributed by atoms with E-state index in [9.17, 15) is 0 Å². The molecule has 1 fully saturated rings. The normalized spacial score (nSPS) is 26.2. The third kappa shape index (κ3) is 6.49. The van der Waals surface area contributed by atoms with Crippen molar-refractivity contribution in [2.75, 3.05) is 13.2 Å². The second kappa shape index (κ2) is 8.08. The lowest BCUT2D eigenvalue weighted by atomic mass is 9.87. The van der Waals surface area contributed by atoms with Crippen LogP contribution >= 0.6 is 0 Å². The first kappa shape index (κ1) is 14.0. The number of unbranched alkanes of at least 4 members (excludes halogenated alkanes) is 1. The molecule has 1 rings (SSSR count). The van der Waals surface area contributed by atoms with Crippen LogP contribution in [0.1, 0.15) is 59.3 Å². The Labute approximate surface area is 101 Å². The van der Waals surface area contributed by atoms with Crippen molar-refractivity contribution in [3.63, 3.8) is 0 Å². The highest BCUT2D eigenvalue weighted by Gasteiger charge is 2.16. The molecule has 1 aliphatic rings. The zero-order valence-corrected chi connectivity index (χ0v) is 11.3. The maximum atomic E-state index is 5.52. The summed E-state index contributed by atoms with van der Waals surface area (Å²) in [6, 6.07) is 0.794. The third-order valence-corrected chi connectivity index (χ3v) is 3.47. The Hall–Kier alpha value is -0.0800. The van der Waals surface area contributed by atoms with Crippen molar-refractivity contribution in [1.29, 1.82) is 0 Å². The summed E-state index contributed by atoms with van der Waals surface area (Å²) >= 11 is 0. The lowest BCUT2D eigenvalue weighted by Crippen LogP contribution is -2.33. The van der Waals surface area contributed by atoms with Crippen LogP contribution in [0, 0.1) is 5.92 Å². The van der Waals surface area contributed by atoms with E-state index in [1.54, 1.807) is 0 Å². The first-order valence-corrected chi connectivity index (χ1v) is 7.03. The van der Waals surface area contributed by atoms with Gasteiger partial charge < -0.3 is 10.1 Å². The molecule has 16 heavy (non-hydrogen) atoms. The van der Waals surface area contributed by atoms with E-state index in [1.807, 2.05) is 0 Å². The fourth-order valence-corrected chi connectivity index (χ4v) is 2.32. The van der Waals surface area contributed by atoms with Crippen molar-refractivity contribution in [3.05, 3.63) is 0 Å². The van der Waals surface area contributed by atoms with Crippen LogP contribution < -0.4 is 5.32 Å². The zero-order valence-electron chi connectivity index (χ0n) is 11.3. The minimum absolute atomic E-state index is 0.382. The Kier molecular flexibility index (Phi) is 7.06. The molecular formula is C14H29NO. The number of hydrogen-bond donors (Lipinski definition) is 1. The SMILES string of the molecule is CC1CCC(NCCCCOC(C)C)CC1. The van der Waals surface area contributed by atoms with Crippen LogP contribution in [0.3, 0.4) is 0 Å². The quantitative estimate of drug-likeness (QED) is 0.673. The smallest absolute Gasteiger partial charge is 0.0518 e. The summed E-state index contributed by atoms with van der Waals surface area (Å²) in [6.45, 7) is 8.66. The Morgan fingerprint density at radius 3 is 2.44 bits per heavy atom. The van der Waals surface area contributed by atoms with Crippen molar-refractivity contribution >= 4 is 0 Å². The van der Waals surface area contributed by atoms with E-state index >= 15 is 0 Å². The Bertz CT molecular complexity index is 162. The summed E-state index contributed by atoms with van der Waals surface area (Å²) in [5, 5.41) is 3.67. The molecule has 0 saturated heterocycles. The van der Waals surface area contributed by atoms with E-state index in [0.717, 1.165) is 18.6 Å². The molecule has 0 radical (unpaired) electrons. The third-order valence-electron chi connectivity index (χ3n) is 3.47. The molecular weight excluding hydrogens is 198 g/mol. The van der Waals surface area contributed by atoms with Crippen LogP contribution in [0.25, 0.3) is 0 Å². The van der Waals surface area contributed by atoms with Gasteiger partial charge in [0.15, 0.2) is 0 Å². The van der Waals surface area contributed by atoms with E-state index in [0.29, 0.717) is 6.10 Å². The van der Waals surface area contributed by atoms with Crippen LogP contribution in [0.2, 0.25) is 0 Å². The number of hydrogen-bond acceptors (Lipinski definition) is 2. The molecule has 2 heteroatoms. The van der Waals surface area contributed by atoms with Gasteiger partial charge in [-0.05, 0) is 64.8 Å². The fourth-order valence-electron chi connectivity index (χ4n) is 2.32. The largest absolute Gasteiger partial charge is 0.379 e. The lowest BCUT2D eigenvalue weighted by Gasteiger charge is -2.27. The van der Waals surface area contributed by atoms with Gasteiger partial charge in [-0.15, -0.1) is 0 Å². The van der Waals surface area contributed by atoms with Gasteiger partial charge in [0.05, 0.1) is 6.10 Å². The topological polar surface area (TPSA) is 21.3 Å². The van der Waals surface area contributed by atoms with Crippen molar-refractivity contribution in [2.24, 2.45) is 5.92 Å². The van der Waals surface area contributed by atoms with Crippen molar-refractivity contribution in [3.8, 4) is 0 Å². The molecule has 1 saturated carbocycles. The molecule has 96 valence electrons. The number of ether oxygens (including phenoxy) is 1. The summed E-state index contributed by atoms with van der Waals surface area (Å²) in [4.78, 5) is 0. The molecule has 0 unspecified atom stereocenters. The molecule has 0 heterocycles. The average Bonchev–Trinajstić information content (AvgIpc) is 2.25. The van der Waals surface area contributed by atoms with E-state index in [-0.39, 0.29) is 0 Å². The zero-order chi connectivity index (χ0) is 11.8. The van der Waals surface area contributed by atoms with Crippen LogP contribution in [0.5, 0.6) is 0 Å². The first-order valence-electron chi connectivity index (χ1n) is 7.03. The molecule has 0 amide bonds. The van der Waals surface area contributed by atoms with Crippen LogP contribution in [-0.2, 0) is 4.74 Å². The molecule has 0 aliphatic heterocycles. The monoisotopic (exact) mass is 227 g/mol. The van der Waals surface area contributed by atoms with Gasteiger partial charge in [-0.25, -0.2) is 0 Å². The fraction of sp³-hybridized carbons (Fsp3) is 1.00. The lowest BCUT2D eigenvalue weighted by molar-refractivity contribution is 0.0758. The molecule has 0 spiro atoms. The second-order valence-corrected chi connectivity index (χ2v) is 5.54. The standard InChI is InChI=1S/C14H29NO/c1-12(2)16-11-5-4-10-15-14-8-6-13(3)7-9-14/h12-15H,4-11H2,1-3H3. The molecule has 0 aromatic heterocycles. The van der Waals surface area contributed by atoms with Gasteiger partial charge in [0, 0.05) is 12.6 Å². The van der Waals surface area contributed by atoms with E-state index < -0.39 is 0 Å². The molecule has 0 bridgehead atoms. The molecule has 2 nitrogen and oxygen atoms in total. The van der Waals surface area contributed by atoms with Gasteiger partial charge >= 0.3 is 0 Å². The summed E-state index contributed by atoms with van der Waals surface area (Å²) in [5.74, 6) is 0.956. The predicted molar refractivity (Wildman–Crippen MR) is 69.7 cm³/mol. The maximum Gasteiger partial charge on any atom is 0.0518 e. The highest BCUT2D eigenvalue weighted by atomic mass is 16.5. The number of nitrogens with one attached hydrogen (secondary N) is 1. The van der Waals surface area contributed by atoms with Crippen LogP contribution in [-0.4, -0.2) is 25.3 Å². The van der Waals surface area contributed by atoms with E-state index in [4.69, 9.17) is 4.74 Å². The summed E-state index contributed by atoms with van der Waals surface area (Å²) in [5.41, 5.74) is 0. The van der Waals surface area contributed by atoms with Crippen LogP contribution in [0.4, 0.5) is 0 Å². The Balaban J connectivity index is 1.87. The van der Waals surface area contributed by atoms with Gasteiger partial charge in [-0.2, -0.15) is 0 Å². The molecule has 1 N–H and O–H groups in total. The maximum absolute atomic E-state index is 5.52. The van der Waals surface area contributed by atoms with Crippen molar-refractivity contribution < 1.29 is 4.74 Å². The number of rotatable bonds is 7. The summed E-state index contributed by atoms with van der Waals surface area (Å²) in [7, 11) is 0. The predicted octanol–water partition coefficient (Wildman–Crippen LogP) is 3.36. The van der Waals surface area contributed by atoms with Crippen molar-refractivity contribution in [1.82, 2.24) is 5.32 Å².